The molecule has 0 bridgehead atoms. The standard InChI is InChI=1S/C14H20Br2/c1-11(2)4-3-5-13(10-15)12-6-8-14(16)9-7-12/h6-9,11,13H,3-5,10H2,1-2H3. The van der Waals surface area contributed by atoms with E-state index in [-0.39, 0.29) is 0 Å². The third kappa shape index (κ3) is 5.01. The molecular formula is C14H20Br2. The minimum atomic E-state index is 0.659. The van der Waals surface area contributed by atoms with Crippen LogP contribution in [-0.4, -0.2) is 5.33 Å². The molecule has 0 aliphatic carbocycles. The lowest BCUT2D eigenvalue weighted by atomic mass is 9.94. The zero-order valence-corrected chi connectivity index (χ0v) is 13.2. The van der Waals surface area contributed by atoms with Gasteiger partial charge in [0.2, 0.25) is 0 Å². The molecule has 0 fully saturated rings. The molecule has 90 valence electrons. The maximum absolute atomic E-state index is 3.63. The molecule has 1 atom stereocenters. The fourth-order valence-corrected chi connectivity index (χ4v) is 2.80. The summed E-state index contributed by atoms with van der Waals surface area (Å²) in [5.41, 5.74) is 1.45. The van der Waals surface area contributed by atoms with Gasteiger partial charge in [-0.25, -0.2) is 0 Å². The van der Waals surface area contributed by atoms with E-state index in [0.717, 1.165) is 15.7 Å². The van der Waals surface area contributed by atoms with Gasteiger partial charge in [0.15, 0.2) is 0 Å². The molecule has 1 unspecified atom stereocenters. The Morgan fingerprint density at radius 1 is 1.06 bits per heavy atom. The molecule has 0 aromatic heterocycles. The predicted octanol–water partition coefficient (Wildman–Crippen LogP) is 5.75. The Kier molecular flexibility index (Phi) is 6.67. The number of halogens is 2. The summed E-state index contributed by atoms with van der Waals surface area (Å²) in [6.45, 7) is 4.59. The lowest BCUT2D eigenvalue weighted by Gasteiger charge is -2.15. The third-order valence-electron chi connectivity index (χ3n) is 2.86. The summed E-state index contributed by atoms with van der Waals surface area (Å²) in [4.78, 5) is 0. The van der Waals surface area contributed by atoms with Gasteiger partial charge in [-0.1, -0.05) is 70.7 Å². The lowest BCUT2D eigenvalue weighted by molar-refractivity contribution is 0.515. The molecule has 0 nitrogen and oxygen atoms in total. The Balaban J connectivity index is 2.50. The van der Waals surface area contributed by atoms with Crippen molar-refractivity contribution in [1.82, 2.24) is 0 Å². The molecule has 0 heterocycles. The van der Waals surface area contributed by atoms with Crippen molar-refractivity contribution < 1.29 is 0 Å². The molecule has 1 aromatic rings. The highest BCUT2D eigenvalue weighted by atomic mass is 79.9. The Morgan fingerprint density at radius 3 is 2.19 bits per heavy atom. The van der Waals surface area contributed by atoms with Crippen molar-refractivity contribution in [3.8, 4) is 0 Å². The average molecular weight is 348 g/mol. The largest absolute Gasteiger partial charge is 0.0921 e. The number of alkyl halides is 1. The summed E-state index contributed by atoms with van der Waals surface area (Å²) in [6, 6.07) is 8.72. The van der Waals surface area contributed by atoms with Crippen molar-refractivity contribution in [2.45, 2.75) is 39.0 Å². The average Bonchev–Trinajstić information content (AvgIpc) is 2.26. The van der Waals surface area contributed by atoms with E-state index in [4.69, 9.17) is 0 Å². The minimum Gasteiger partial charge on any atom is -0.0921 e. The van der Waals surface area contributed by atoms with Gasteiger partial charge in [0.1, 0.15) is 0 Å². The van der Waals surface area contributed by atoms with E-state index in [9.17, 15) is 0 Å². The number of benzene rings is 1. The molecule has 0 N–H and O–H groups in total. The van der Waals surface area contributed by atoms with Crippen molar-refractivity contribution in [3.63, 3.8) is 0 Å². The van der Waals surface area contributed by atoms with Crippen molar-refractivity contribution in [2.75, 3.05) is 5.33 Å². The van der Waals surface area contributed by atoms with Crippen LogP contribution in [0.3, 0.4) is 0 Å². The molecule has 0 aliphatic heterocycles. The normalized spacial score (nSPS) is 13.1. The summed E-state index contributed by atoms with van der Waals surface area (Å²) in [5, 5.41) is 1.06. The molecule has 0 aliphatic rings. The number of hydrogen-bond acceptors (Lipinski definition) is 0. The van der Waals surface area contributed by atoms with E-state index in [1.165, 1.54) is 24.8 Å². The monoisotopic (exact) mass is 346 g/mol. The second kappa shape index (κ2) is 7.50. The fourth-order valence-electron chi connectivity index (χ4n) is 1.84. The first kappa shape index (κ1) is 14.2. The number of hydrogen-bond donors (Lipinski definition) is 0. The van der Waals surface area contributed by atoms with Crippen LogP contribution in [0.4, 0.5) is 0 Å². The van der Waals surface area contributed by atoms with Gasteiger partial charge in [0, 0.05) is 9.80 Å². The molecule has 0 saturated heterocycles. The molecule has 0 saturated carbocycles. The SMILES string of the molecule is CC(C)CCCC(CBr)c1ccc(Br)cc1. The Morgan fingerprint density at radius 2 is 1.69 bits per heavy atom. The first-order valence-corrected chi connectivity index (χ1v) is 7.86. The molecule has 0 amide bonds. The van der Waals surface area contributed by atoms with Crippen LogP contribution in [0.2, 0.25) is 0 Å². The Bertz CT molecular complexity index is 290. The van der Waals surface area contributed by atoms with Crippen LogP contribution in [-0.2, 0) is 0 Å². The van der Waals surface area contributed by atoms with Gasteiger partial charge in [0.05, 0.1) is 0 Å². The van der Waals surface area contributed by atoms with Crippen LogP contribution in [0.1, 0.15) is 44.6 Å². The van der Waals surface area contributed by atoms with E-state index in [0.29, 0.717) is 5.92 Å². The van der Waals surface area contributed by atoms with E-state index >= 15 is 0 Å². The first-order valence-electron chi connectivity index (χ1n) is 5.95. The second-order valence-electron chi connectivity index (χ2n) is 4.73. The van der Waals surface area contributed by atoms with Gasteiger partial charge in [0.25, 0.3) is 0 Å². The summed E-state index contributed by atoms with van der Waals surface area (Å²) in [6.07, 6.45) is 3.94. The molecule has 2 heteroatoms. The summed E-state index contributed by atoms with van der Waals surface area (Å²) < 4.78 is 1.16. The second-order valence-corrected chi connectivity index (χ2v) is 6.29. The van der Waals surface area contributed by atoms with Crippen LogP contribution in [0.25, 0.3) is 0 Å². The highest BCUT2D eigenvalue weighted by molar-refractivity contribution is 9.10. The molecule has 1 aromatic carbocycles. The van der Waals surface area contributed by atoms with Crippen molar-refractivity contribution in [1.29, 1.82) is 0 Å². The summed E-state index contributed by atoms with van der Waals surface area (Å²) in [7, 11) is 0. The molecule has 0 radical (unpaired) electrons. The van der Waals surface area contributed by atoms with Gasteiger partial charge in [-0.3, -0.25) is 0 Å². The van der Waals surface area contributed by atoms with E-state index in [2.05, 4.69) is 70.0 Å². The van der Waals surface area contributed by atoms with Gasteiger partial charge in [-0.2, -0.15) is 0 Å². The zero-order valence-electron chi connectivity index (χ0n) is 10.0. The Labute approximate surface area is 116 Å². The maximum Gasteiger partial charge on any atom is 0.0175 e. The maximum atomic E-state index is 3.63. The van der Waals surface area contributed by atoms with Crippen LogP contribution in [0.15, 0.2) is 28.7 Å². The highest BCUT2D eigenvalue weighted by Crippen LogP contribution is 2.26. The van der Waals surface area contributed by atoms with E-state index in [1.54, 1.807) is 0 Å². The van der Waals surface area contributed by atoms with Crippen LogP contribution < -0.4 is 0 Å². The van der Waals surface area contributed by atoms with Gasteiger partial charge in [-0.15, -0.1) is 0 Å². The van der Waals surface area contributed by atoms with Crippen molar-refractivity contribution in [2.24, 2.45) is 5.92 Å². The molecule has 16 heavy (non-hydrogen) atoms. The molecular weight excluding hydrogens is 328 g/mol. The van der Waals surface area contributed by atoms with Crippen molar-refractivity contribution >= 4 is 31.9 Å². The lowest BCUT2D eigenvalue weighted by Crippen LogP contribution is -2.01. The van der Waals surface area contributed by atoms with Crippen LogP contribution >= 0.6 is 31.9 Å². The van der Waals surface area contributed by atoms with Gasteiger partial charge in [-0.05, 0) is 36.0 Å². The first-order chi connectivity index (χ1) is 7.63. The highest BCUT2D eigenvalue weighted by Gasteiger charge is 2.09. The van der Waals surface area contributed by atoms with Crippen LogP contribution in [0.5, 0.6) is 0 Å². The van der Waals surface area contributed by atoms with Crippen molar-refractivity contribution in [3.05, 3.63) is 34.3 Å². The molecule has 0 spiro atoms. The third-order valence-corrected chi connectivity index (χ3v) is 4.17. The predicted molar refractivity (Wildman–Crippen MR) is 79.4 cm³/mol. The fraction of sp³-hybridized carbons (Fsp3) is 0.571. The Hall–Kier alpha value is 0.180. The summed E-state index contributed by atoms with van der Waals surface area (Å²) in [5.74, 6) is 1.48. The zero-order chi connectivity index (χ0) is 12.0. The summed E-state index contributed by atoms with van der Waals surface area (Å²) >= 11 is 7.10. The van der Waals surface area contributed by atoms with E-state index in [1.807, 2.05) is 0 Å². The van der Waals surface area contributed by atoms with Gasteiger partial charge < -0.3 is 0 Å². The smallest absolute Gasteiger partial charge is 0.0175 e. The molecule has 1 rings (SSSR count). The van der Waals surface area contributed by atoms with Crippen LogP contribution in [0, 0.1) is 5.92 Å². The van der Waals surface area contributed by atoms with Gasteiger partial charge >= 0.3 is 0 Å². The topological polar surface area (TPSA) is 0 Å². The minimum absolute atomic E-state index is 0.659. The van der Waals surface area contributed by atoms with E-state index < -0.39 is 0 Å². The quantitative estimate of drug-likeness (QED) is 0.574. The number of rotatable bonds is 6.